The molecule has 0 fully saturated rings. The van der Waals surface area contributed by atoms with Gasteiger partial charge in [-0.25, -0.2) is 8.42 Å². The van der Waals surface area contributed by atoms with E-state index in [9.17, 15) is 18.5 Å². The van der Waals surface area contributed by atoms with Crippen molar-refractivity contribution < 1.29 is 13.3 Å². The maximum Gasteiger partial charge on any atom is 0.295 e. The van der Waals surface area contributed by atoms with Gasteiger partial charge in [-0.3, -0.25) is 20.2 Å². The van der Waals surface area contributed by atoms with E-state index in [1.807, 2.05) is 0 Å². The van der Waals surface area contributed by atoms with Crippen molar-refractivity contribution >= 4 is 27.6 Å². The van der Waals surface area contributed by atoms with Gasteiger partial charge in [-0.05, 0) is 12.1 Å². The predicted molar refractivity (Wildman–Crippen MR) is 97.6 cm³/mol. The van der Waals surface area contributed by atoms with Gasteiger partial charge in [0.1, 0.15) is 5.69 Å². The van der Waals surface area contributed by atoms with Crippen LogP contribution in [0.15, 0.2) is 40.6 Å². The normalized spacial score (nSPS) is 12.0. The monoisotopic (exact) mass is 380 g/mol. The Labute approximate surface area is 151 Å². The topological polar surface area (TPSA) is 123 Å². The van der Waals surface area contributed by atoms with Crippen molar-refractivity contribution in [2.45, 2.75) is 18.7 Å². The summed E-state index contributed by atoms with van der Waals surface area (Å²) in [5, 5.41) is 19.3. The van der Waals surface area contributed by atoms with E-state index in [0.717, 1.165) is 6.07 Å². The molecule has 0 unspecified atom stereocenters. The first kappa shape index (κ1) is 19.5. The van der Waals surface area contributed by atoms with Crippen LogP contribution in [0.5, 0.6) is 0 Å². The zero-order valence-electron chi connectivity index (χ0n) is 14.7. The molecule has 0 atom stereocenters. The standard InChI is InChI=1S/C15H20N6O4S/c1-4-20(5-2)26(24,25)13-6-7-14(15(8-13)21(22)23)18-16-9-12-10-17-19(3)11-12/h6-11,18H,4-5H2,1-3H3/b16-9+. The van der Waals surface area contributed by atoms with Crippen LogP contribution in [0.1, 0.15) is 19.4 Å². The van der Waals surface area contributed by atoms with Gasteiger partial charge in [0.15, 0.2) is 0 Å². The molecule has 26 heavy (non-hydrogen) atoms. The van der Waals surface area contributed by atoms with Gasteiger partial charge in [-0.1, -0.05) is 13.8 Å². The van der Waals surface area contributed by atoms with Gasteiger partial charge in [0.2, 0.25) is 10.0 Å². The minimum Gasteiger partial charge on any atom is -0.275 e. The SMILES string of the molecule is CCN(CC)S(=O)(=O)c1ccc(N/N=C/c2cnn(C)c2)c([N+](=O)[O-])c1. The molecule has 0 spiro atoms. The summed E-state index contributed by atoms with van der Waals surface area (Å²) < 4.78 is 27.9. The zero-order chi connectivity index (χ0) is 19.3. The largest absolute Gasteiger partial charge is 0.295 e. The van der Waals surface area contributed by atoms with E-state index in [2.05, 4.69) is 15.6 Å². The lowest BCUT2D eigenvalue weighted by Crippen LogP contribution is -2.30. The molecule has 140 valence electrons. The van der Waals surface area contributed by atoms with E-state index in [4.69, 9.17) is 0 Å². The first-order chi connectivity index (χ1) is 12.3. The Balaban J connectivity index is 2.31. The smallest absolute Gasteiger partial charge is 0.275 e. The van der Waals surface area contributed by atoms with Gasteiger partial charge < -0.3 is 0 Å². The summed E-state index contributed by atoms with van der Waals surface area (Å²) in [6, 6.07) is 3.69. The quantitative estimate of drug-likeness (QED) is 0.423. The molecule has 1 heterocycles. The molecular formula is C15H20N6O4S. The molecule has 2 aromatic rings. The first-order valence-electron chi connectivity index (χ1n) is 7.85. The van der Waals surface area contributed by atoms with E-state index < -0.39 is 14.9 Å². The average molecular weight is 380 g/mol. The molecule has 0 aliphatic carbocycles. The van der Waals surface area contributed by atoms with Crippen LogP contribution in [0.4, 0.5) is 11.4 Å². The molecule has 0 bridgehead atoms. The number of aryl methyl sites for hydroxylation is 1. The van der Waals surface area contributed by atoms with Crippen molar-refractivity contribution in [3.63, 3.8) is 0 Å². The van der Waals surface area contributed by atoms with E-state index in [1.54, 1.807) is 38.0 Å². The lowest BCUT2D eigenvalue weighted by molar-refractivity contribution is -0.384. The summed E-state index contributed by atoms with van der Waals surface area (Å²) in [4.78, 5) is 10.6. The van der Waals surface area contributed by atoms with Crippen LogP contribution in [-0.2, 0) is 17.1 Å². The zero-order valence-corrected chi connectivity index (χ0v) is 15.5. The summed E-state index contributed by atoms with van der Waals surface area (Å²) in [6.07, 6.45) is 4.76. The number of anilines is 1. The van der Waals surface area contributed by atoms with Gasteiger partial charge in [-0.2, -0.15) is 14.5 Å². The number of nitro groups is 1. The van der Waals surface area contributed by atoms with E-state index >= 15 is 0 Å². The minimum absolute atomic E-state index is 0.0913. The van der Waals surface area contributed by atoms with E-state index in [0.29, 0.717) is 5.56 Å². The molecule has 1 N–H and O–H groups in total. The lowest BCUT2D eigenvalue weighted by atomic mass is 10.3. The molecule has 0 saturated carbocycles. The van der Waals surface area contributed by atoms with Crippen molar-refractivity contribution in [2.24, 2.45) is 12.1 Å². The van der Waals surface area contributed by atoms with Gasteiger partial charge in [0.05, 0.1) is 22.2 Å². The highest BCUT2D eigenvalue weighted by atomic mass is 32.2. The first-order valence-corrected chi connectivity index (χ1v) is 9.29. The number of hydrazone groups is 1. The van der Waals surface area contributed by atoms with Crippen molar-refractivity contribution in [1.29, 1.82) is 0 Å². The number of nitrogens with one attached hydrogen (secondary N) is 1. The minimum atomic E-state index is -3.78. The van der Waals surface area contributed by atoms with Crippen LogP contribution in [0.3, 0.4) is 0 Å². The van der Waals surface area contributed by atoms with Gasteiger partial charge >= 0.3 is 0 Å². The third-order valence-corrected chi connectivity index (χ3v) is 5.68. The van der Waals surface area contributed by atoms with Crippen molar-refractivity contribution in [2.75, 3.05) is 18.5 Å². The van der Waals surface area contributed by atoms with Crippen molar-refractivity contribution in [3.05, 3.63) is 46.3 Å². The third kappa shape index (κ3) is 4.24. The fourth-order valence-corrected chi connectivity index (χ4v) is 3.79. The maximum atomic E-state index is 12.5. The second-order valence-electron chi connectivity index (χ2n) is 5.34. The Bertz CT molecular complexity index is 918. The Morgan fingerprint density at radius 2 is 2.08 bits per heavy atom. The predicted octanol–water partition coefficient (Wildman–Crippen LogP) is 1.80. The average Bonchev–Trinajstić information content (AvgIpc) is 3.01. The van der Waals surface area contributed by atoms with Gasteiger partial charge in [-0.15, -0.1) is 0 Å². The molecule has 1 aromatic heterocycles. The van der Waals surface area contributed by atoms with Crippen LogP contribution < -0.4 is 5.43 Å². The second-order valence-corrected chi connectivity index (χ2v) is 7.28. The lowest BCUT2D eigenvalue weighted by Gasteiger charge is -2.18. The molecule has 0 radical (unpaired) electrons. The summed E-state index contributed by atoms with van der Waals surface area (Å²) in [5.41, 5.74) is 3.00. The number of aromatic nitrogens is 2. The molecule has 0 aliphatic heterocycles. The molecule has 0 saturated heterocycles. The molecule has 0 amide bonds. The molecule has 2 rings (SSSR count). The maximum absolute atomic E-state index is 12.5. The van der Waals surface area contributed by atoms with Crippen LogP contribution >= 0.6 is 0 Å². The Hall–Kier alpha value is -2.79. The number of nitrogens with zero attached hydrogens (tertiary/aromatic N) is 5. The highest BCUT2D eigenvalue weighted by Gasteiger charge is 2.25. The van der Waals surface area contributed by atoms with E-state index in [1.165, 1.54) is 22.7 Å². The number of benzene rings is 1. The van der Waals surface area contributed by atoms with Crippen molar-refractivity contribution in [1.82, 2.24) is 14.1 Å². The van der Waals surface area contributed by atoms with E-state index in [-0.39, 0.29) is 29.4 Å². The Morgan fingerprint density at radius 3 is 2.62 bits per heavy atom. The molecule has 0 aliphatic rings. The number of hydrogen-bond donors (Lipinski definition) is 1. The summed E-state index contributed by atoms with van der Waals surface area (Å²) >= 11 is 0. The highest BCUT2D eigenvalue weighted by Crippen LogP contribution is 2.29. The number of sulfonamides is 1. The molecular weight excluding hydrogens is 360 g/mol. The Morgan fingerprint density at radius 1 is 1.38 bits per heavy atom. The molecule has 10 nitrogen and oxygen atoms in total. The second kappa shape index (κ2) is 8.06. The summed E-state index contributed by atoms with van der Waals surface area (Å²) in [5.74, 6) is 0. The highest BCUT2D eigenvalue weighted by molar-refractivity contribution is 7.89. The summed E-state index contributed by atoms with van der Waals surface area (Å²) in [7, 11) is -2.03. The number of rotatable bonds is 8. The molecule has 11 heteroatoms. The van der Waals surface area contributed by atoms with Crippen LogP contribution in [0, 0.1) is 10.1 Å². The summed E-state index contributed by atoms with van der Waals surface area (Å²) in [6.45, 7) is 3.97. The fourth-order valence-electron chi connectivity index (χ4n) is 2.31. The van der Waals surface area contributed by atoms with Crippen molar-refractivity contribution in [3.8, 4) is 0 Å². The van der Waals surface area contributed by atoms with Crippen LogP contribution in [0.2, 0.25) is 0 Å². The number of hydrogen-bond acceptors (Lipinski definition) is 7. The number of nitro benzene ring substituents is 1. The Kier molecular flexibility index (Phi) is 6.05. The van der Waals surface area contributed by atoms with Crippen LogP contribution in [0.25, 0.3) is 0 Å². The fraction of sp³-hybridized carbons (Fsp3) is 0.333. The van der Waals surface area contributed by atoms with Crippen LogP contribution in [-0.4, -0.2) is 46.7 Å². The molecule has 1 aromatic carbocycles. The van der Waals surface area contributed by atoms with Gasteiger partial charge in [0.25, 0.3) is 5.69 Å². The third-order valence-electron chi connectivity index (χ3n) is 3.63. The van der Waals surface area contributed by atoms with Gasteiger partial charge in [0, 0.05) is 38.0 Å².